The maximum Gasteiger partial charge on any atom is 0.129 e. The second-order valence-corrected chi connectivity index (χ2v) is 8.31. The topological polar surface area (TPSA) is 9.23 Å². The largest absolute Gasteiger partial charge is 0.368 e. The summed E-state index contributed by atoms with van der Waals surface area (Å²) in [5.41, 5.74) is 3.21. The molecule has 0 fully saturated rings. The molecule has 0 heterocycles. The first-order valence-electron chi connectivity index (χ1n) is 4.07. The lowest BCUT2D eigenvalue weighted by atomic mass is 10.5. The second kappa shape index (κ2) is 5.89. The van der Waals surface area contributed by atoms with Gasteiger partial charge in [0, 0.05) is 6.42 Å². The minimum Gasteiger partial charge on any atom is -0.368 e. The predicted molar refractivity (Wildman–Crippen MR) is 55.4 cm³/mol. The van der Waals surface area contributed by atoms with Gasteiger partial charge >= 0.3 is 0 Å². The Labute approximate surface area is 76.5 Å². The van der Waals surface area contributed by atoms with Crippen LogP contribution < -0.4 is 0 Å². The van der Waals surface area contributed by atoms with E-state index in [9.17, 15) is 0 Å². The van der Waals surface area contributed by atoms with Gasteiger partial charge in [-0.15, -0.1) is 17.9 Å². The van der Waals surface area contributed by atoms with Crippen LogP contribution in [0.3, 0.4) is 0 Å². The van der Waals surface area contributed by atoms with Crippen LogP contribution in [0.1, 0.15) is 6.42 Å². The van der Waals surface area contributed by atoms with E-state index < -0.39 is 8.07 Å². The summed E-state index contributed by atoms with van der Waals surface area (Å²) in [7, 11) is -1.21. The minimum atomic E-state index is -1.21. The highest BCUT2D eigenvalue weighted by Gasteiger charge is 2.06. The van der Waals surface area contributed by atoms with Gasteiger partial charge in [0.1, 0.15) is 14.7 Å². The third-order valence-corrected chi connectivity index (χ3v) is 1.96. The summed E-state index contributed by atoms with van der Waals surface area (Å²) in [6, 6.07) is 0. The van der Waals surface area contributed by atoms with Crippen LogP contribution in [0.4, 0.5) is 0 Å². The molecule has 0 aromatic rings. The van der Waals surface area contributed by atoms with Crippen LogP contribution in [0.2, 0.25) is 19.6 Å². The molecule has 0 aliphatic rings. The average Bonchev–Trinajstić information content (AvgIpc) is 1.94. The summed E-state index contributed by atoms with van der Waals surface area (Å²) in [5, 5.41) is 0. The molecule has 0 aliphatic carbocycles. The van der Waals surface area contributed by atoms with Crippen LogP contribution >= 0.6 is 0 Å². The zero-order valence-corrected chi connectivity index (χ0v) is 9.11. The number of hydrogen-bond donors (Lipinski definition) is 0. The van der Waals surface area contributed by atoms with E-state index in [1.54, 1.807) is 0 Å². The lowest BCUT2D eigenvalue weighted by Crippen LogP contribution is -2.16. The molecule has 0 aromatic heterocycles. The summed E-state index contributed by atoms with van der Waals surface area (Å²) in [5.74, 6) is 5.52. The number of ether oxygens (including phenoxy) is 1. The minimum absolute atomic E-state index is 0.520. The Kier molecular flexibility index (Phi) is 5.54. The molecule has 0 aromatic carbocycles. The molecule has 0 bridgehead atoms. The van der Waals surface area contributed by atoms with Crippen LogP contribution in [-0.4, -0.2) is 21.3 Å². The van der Waals surface area contributed by atoms with Crippen LogP contribution in [0.15, 0.2) is 0 Å². The van der Waals surface area contributed by atoms with Crippen molar-refractivity contribution in [3.05, 3.63) is 0 Å². The fourth-order valence-corrected chi connectivity index (χ4v) is 1.16. The first-order chi connectivity index (χ1) is 5.56. The molecule has 0 spiro atoms. The fraction of sp³-hybridized carbons (Fsp3) is 0.600. The predicted octanol–water partition coefficient (Wildman–Crippen LogP) is 1.91. The standard InChI is InChI=1S/C10H16OSi/c1-5-6-8-11-9-7-10-12(2,3)4/h1H,6,8-9H2,2-4H3. The van der Waals surface area contributed by atoms with E-state index in [1.165, 1.54) is 0 Å². The highest BCUT2D eigenvalue weighted by atomic mass is 28.3. The Hall–Kier alpha value is -0.703. The molecule has 0 aliphatic heterocycles. The monoisotopic (exact) mass is 180 g/mol. The molecule has 0 unspecified atom stereocenters. The Balaban J connectivity index is 3.42. The third-order valence-electron chi connectivity index (χ3n) is 1.03. The molecule has 0 saturated carbocycles. The van der Waals surface area contributed by atoms with E-state index in [4.69, 9.17) is 11.2 Å². The van der Waals surface area contributed by atoms with Gasteiger partial charge in [-0.3, -0.25) is 0 Å². The van der Waals surface area contributed by atoms with Gasteiger partial charge in [-0.1, -0.05) is 25.6 Å². The van der Waals surface area contributed by atoms with Crippen molar-refractivity contribution in [3.63, 3.8) is 0 Å². The molecule has 0 amide bonds. The number of rotatable bonds is 3. The maximum absolute atomic E-state index is 5.18. The summed E-state index contributed by atoms with van der Waals surface area (Å²) in [6.07, 6.45) is 5.73. The normalized spacial score (nSPS) is 9.83. The maximum atomic E-state index is 5.18. The van der Waals surface area contributed by atoms with E-state index in [-0.39, 0.29) is 0 Å². The number of hydrogen-bond acceptors (Lipinski definition) is 1. The van der Waals surface area contributed by atoms with Gasteiger partial charge in [0.2, 0.25) is 0 Å². The molecule has 0 N–H and O–H groups in total. The van der Waals surface area contributed by atoms with Crippen LogP contribution in [0, 0.1) is 23.8 Å². The summed E-state index contributed by atoms with van der Waals surface area (Å²) in [4.78, 5) is 0. The van der Waals surface area contributed by atoms with E-state index in [0.717, 1.165) is 0 Å². The molecule has 0 atom stereocenters. The fourth-order valence-electron chi connectivity index (χ4n) is 0.556. The lowest BCUT2D eigenvalue weighted by molar-refractivity contribution is 0.174. The zero-order chi connectivity index (χ0) is 9.45. The Morgan fingerprint density at radius 1 is 1.33 bits per heavy atom. The quantitative estimate of drug-likeness (QED) is 0.366. The van der Waals surface area contributed by atoms with Gasteiger partial charge in [0.25, 0.3) is 0 Å². The molecular weight excluding hydrogens is 164 g/mol. The first kappa shape index (κ1) is 11.3. The Morgan fingerprint density at radius 2 is 2.00 bits per heavy atom. The van der Waals surface area contributed by atoms with Gasteiger partial charge in [0.05, 0.1) is 6.61 Å². The van der Waals surface area contributed by atoms with Crippen LogP contribution in [-0.2, 0) is 4.74 Å². The van der Waals surface area contributed by atoms with E-state index >= 15 is 0 Å². The van der Waals surface area contributed by atoms with E-state index in [1.807, 2.05) is 0 Å². The van der Waals surface area contributed by atoms with Crippen molar-refractivity contribution in [3.8, 4) is 23.8 Å². The van der Waals surface area contributed by atoms with Crippen molar-refractivity contribution in [2.75, 3.05) is 13.2 Å². The van der Waals surface area contributed by atoms with Crippen molar-refractivity contribution >= 4 is 8.07 Å². The lowest BCUT2D eigenvalue weighted by Gasteiger charge is -2.03. The zero-order valence-electron chi connectivity index (χ0n) is 8.11. The van der Waals surface area contributed by atoms with Crippen LogP contribution in [0.25, 0.3) is 0 Å². The van der Waals surface area contributed by atoms with Crippen LogP contribution in [0.5, 0.6) is 0 Å². The van der Waals surface area contributed by atoms with Crippen molar-refractivity contribution in [1.82, 2.24) is 0 Å². The average molecular weight is 180 g/mol. The van der Waals surface area contributed by atoms with Gasteiger partial charge in [-0.05, 0) is 0 Å². The molecule has 66 valence electrons. The van der Waals surface area contributed by atoms with Gasteiger partial charge in [-0.2, -0.15) is 0 Å². The van der Waals surface area contributed by atoms with Gasteiger partial charge < -0.3 is 4.74 Å². The van der Waals surface area contributed by atoms with Crippen molar-refractivity contribution in [2.45, 2.75) is 26.1 Å². The Bertz CT molecular complexity index is 209. The molecule has 2 heteroatoms. The van der Waals surface area contributed by atoms with Gasteiger partial charge in [-0.25, -0.2) is 0 Å². The van der Waals surface area contributed by atoms with Crippen molar-refractivity contribution in [1.29, 1.82) is 0 Å². The van der Waals surface area contributed by atoms with Gasteiger partial charge in [0.15, 0.2) is 0 Å². The second-order valence-electron chi connectivity index (χ2n) is 3.56. The SMILES string of the molecule is C#CCCOCC#C[Si](C)(C)C. The van der Waals surface area contributed by atoms with E-state index in [0.29, 0.717) is 19.6 Å². The molecular formula is C10H16OSi. The summed E-state index contributed by atoms with van der Waals surface area (Å²) < 4.78 is 5.18. The smallest absolute Gasteiger partial charge is 0.129 e. The summed E-state index contributed by atoms with van der Waals surface area (Å²) in [6.45, 7) is 7.77. The molecule has 0 rings (SSSR count). The van der Waals surface area contributed by atoms with Crippen molar-refractivity contribution < 1.29 is 4.74 Å². The Morgan fingerprint density at radius 3 is 2.50 bits per heavy atom. The number of terminal acetylenes is 1. The molecule has 12 heavy (non-hydrogen) atoms. The van der Waals surface area contributed by atoms with Crippen molar-refractivity contribution in [2.24, 2.45) is 0 Å². The molecule has 0 saturated heterocycles. The molecule has 1 nitrogen and oxygen atoms in total. The molecule has 0 radical (unpaired) electrons. The highest BCUT2D eigenvalue weighted by molar-refractivity contribution is 6.83. The summed E-state index contributed by atoms with van der Waals surface area (Å²) >= 11 is 0. The third kappa shape index (κ3) is 9.30. The highest BCUT2D eigenvalue weighted by Crippen LogP contribution is 1.95. The first-order valence-corrected chi connectivity index (χ1v) is 7.57. The van der Waals surface area contributed by atoms with E-state index in [2.05, 4.69) is 37.0 Å².